The normalized spacial score (nSPS) is 18.0. The number of ether oxygens (including phenoxy) is 1. The molecule has 36 heavy (non-hydrogen) atoms. The SMILES string of the molecule is NC(=O)Nc1cc(Cl)ccc1OCC(=O)N1CCC(Cc2ccc(F)cc2)(CN2CCCCC2)CC1. The molecule has 3 amide bonds. The predicted octanol–water partition coefficient (Wildman–Crippen LogP) is 4.69. The lowest BCUT2D eigenvalue weighted by Crippen LogP contribution is -2.50. The van der Waals surface area contributed by atoms with E-state index in [4.69, 9.17) is 22.1 Å². The van der Waals surface area contributed by atoms with Crippen LogP contribution in [0.1, 0.15) is 37.7 Å². The van der Waals surface area contributed by atoms with Crippen LogP contribution in [0.3, 0.4) is 0 Å². The summed E-state index contributed by atoms with van der Waals surface area (Å²) in [5, 5.41) is 2.89. The van der Waals surface area contributed by atoms with E-state index < -0.39 is 6.03 Å². The van der Waals surface area contributed by atoms with Crippen LogP contribution in [0, 0.1) is 11.2 Å². The average Bonchev–Trinajstić information content (AvgIpc) is 2.85. The number of hydrogen-bond donors (Lipinski definition) is 2. The van der Waals surface area contributed by atoms with Crippen LogP contribution in [0.4, 0.5) is 14.9 Å². The van der Waals surface area contributed by atoms with E-state index >= 15 is 0 Å². The van der Waals surface area contributed by atoms with Crippen LogP contribution < -0.4 is 15.8 Å². The monoisotopic (exact) mass is 516 g/mol. The number of amides is 3. The number of halogens is 2. The molecule has 2 heterocycles. The first-order valence-electron chi connectivity index (χ1n) is 12.6. The second kappa shape index (κ2) is 11.9. The summed E-state index contributed by atoms with van der Waals surface area (Å²) in [5.74, 6) is 0.00163. The highest BCUT2D eigenvalue weighted by Gasteiger charge is 2.38. The third kappa shape index (κ3) is 7.11. The van der Waals surface area contributed by atoms with E-state index in [0.29, 0.717) is 29.5 Å². The topological polar surface area (TPSA) is 87.9 Å². The maximum Gasteiger partial charge on any atom is 0.316 e. The number of hydrogen-bond acceptors (Lipinski definition) is 4. The van der Waals surface area contributed by atoms with E-state index in [1.165, 1.54) is 37.5 Å². The Bertz CT molecular complexity index is 1050. The van der Waals surface area contributed by atoms with Gasteiger partial charge < -0.3 is 25.6 Å². The molecule has 194 valence electrons. The molecule has 0 saturated carbocycles. The third-order valence-electron chi connectivity index (χ3n) is 7.23. The van der Waals surface area contributed by atoms with Crippen molar-refractivity contribution in [3.8, 4) is 5.75 Å². The van der Waals surface area contributed by atoms with Gasteiger partial charge in [-0.1, -0.05) is 30.2 Å². The van der Waals surface area contributed by atoms with Crippen molar-refractivity contribution in [3.05, 3.63) is 58.9 Å². The number of nitrogens with one attached hydrogen (secondary N) is 1. The Morgan fingerprint density at radius 2 is 1.72 bits per heavy atom. The number of nitrogens with two attached hydrogens (primary N) is 1. The fourth-order valence-corrected chi connectivity index (χ4v) is 5.51. The number of carbonyl (C=O) groups is 2. The average molecular weight is 517 g/mol. The van der Waals surface area contributed by atoms with Crippen LogP contribution in [0.25, 0.3) is 0 Å². The molecule has 7 nitrogen and oxygen atoms in total. The maximum absolute atomic E-state index is 13.5. The minimum absolute atomic E-state index is 0.0432. The molecular weight excluding hydrogens is 483 g/mol. The number of rotatable bonds is 8. The molecule has 0 bridgehead atoms. The van der Waals surface area contributed by atoms with Gasteiger partial charge in [0.15, 0.2) is 6.61 Å². The van der Waals surface area contributed by atoms with Gasteiger partial charge in [0.1, 0.15) is 11.6 Å². The molecule has 2 aromatic rings. The molecule has 4 rings (SSSR count). The zero-order valence-corrected chi connectivity index (χ0v) is 21.2. The van der Waals surface area contributed by atoms with E-state index in [9.17, 15) is 14.0 Å². The van der Waals surface area contributed by atoms with Crippen LogP contribution >= 0.6 is 11.6 Å². The van der Waals surface area contributed by atoms with Crippen LogP contribution in [-0.4, -0.2) is 61.1 Å². The van der Waals surface area contributed by atoms with Crippen LogP contribution in [0.5, 0.6) is 5.75 Å². The Balaban J connectivity index is 1.38. The summed E-state index contributed by atoms with van der Waals surface area (Å²) in [4.78, 5) is 28.7. The van der Waals surface area contributed by atoms with Gasteiger partial charge >= 0.3 is 6.03 Å². The third-order valence-corrected chi connectivity index (χ3v) is 7.46. The van der Waals surface area contributed by atoms with Crippen molar-refractivity contribution in [1.29, 1.82) is 0 Å². The standard InChI is InChI=1S/C27H34ClFN4O3/c28-21-6-9-24(23(16-21)31-26(30)35)36-18-25(34)33-14-10-27(11-15-33,19-32-12-2-1-3-13-32)17-20-4-7-22(29)8-5-20/h4-9,16H,1-3,10-15,17-19H2,(H3,30,31,35). The van der Waals surface area contributed by atoms with Crippen molar-refractivity contribution >= 4 is 29.2 Å². The summed E-state index contributed by atoms with van der Waals surface area (Å²) in [6.07, 6.45) is 6.37. The van der Waals surface area contributed by atoms with Gasteiger partial charge in [-0.05, 0) is 86.5 Å². The molecule has 0 atom stereocenters. The molecule has 2 aliphatic heterocycles. The Hall–Kier alpha value is -2.84. The summed E-state index contributed by atoms with van der Waals surface area (Å²) >= 11 is 6.00. The minimum atomic E-state index is -0.740. The zero-order chi connectivity index (χ0) is 25.5. The maximum atomic E-state index is 13.5. The fourth-order valence-electron chi connectivity index (χ4n) is 5.34. The summed E-state index contributed by atoms with van der Waals surface area (Å²) in [5.41, 5.74) is 6.72. The van der Waals surface area contributed by atoms with Crippen molar-refractivity contribution < 1.29 is 18.7 Å². The van der Waals surface area contributed by atoms with Gasteiger partial charge in [0.05, 0.1) is 5.69 Å². The van der Waals surface area contributed by atoms with Gasteiger partial charge in [0.2, 0.25) is 0 Å². The highest BCUT2D eigenvalue weighted by molar-refractivity contribution is 6.31. The van der Waals surface area contributed by atoms with Crippen molar-refractivity contribution in [1.82, 2.24) is 9.80 Å². The Morgan fingerprint density at radius 1 is 1.03 bits per heavy atom. The first kappa shape index (κ1) is 26.2. The Kier molecular flexibility index (Phi) is 8.69. The molecule has 2 aromatic carbocycles. The molecule has 2 fully saturated rings. The summed E-state index contributed by atoms with van der Waals surface area (Å²) in [6.45, 7) is 4.37. The molecule has 9 heteroatoms. The first-order valence-corrected chi connectivity index (χ1v) is 12.9. The summed E-state index contributed by atoms with van der Waals surface area (Å²) in [7, 11) is 0. The first-order chi connectivity index (χ1) is 17.3. The van der Waals surface area contributed by atoms with Gasteiger partial charge in [-0.2, -0.15) is 0 Å². The molecule has 2 aliphatic rings. The van der Waals surface area contributed by atoms with Gasteiger partial charge in [0.25, 0.3) is 5.91 Å². The van der Waals surface area contributed by atoms with E-state index in [1.807, 2.05) is 17.0 Å². The number of urea groups is 1. The highest BCUT2D eigenvalue weighted by Crippen LogP contribution is 2.37. The van der Waals surface area contributed by atoms with Gasteiger partial charge in [-0.15, -0.1) is 0 Å². The molecule has 2 saturated heterocycles. The summed E-state index contributed by atoms with van der Waals surface area (Å²) < 4.78 is 19.2. The number of nitrogens with zero attached hydrogens (tertiary/aromatic N) is 2. The van der Waals surface area contributed by atoms with Gasteiger partial charge in [0, 0.05) is 24.7 Å². The van der Waals surface area contributed by atoms with Crippen molar-refractivity contribution in [2.24, 2.45) is 11.1 Å². The molecule has 0 unspecified atom stereocenters. The van der Waals surface area contributed by atoms with Crippen molar-refractivity contribution in [2.45, 2.75) is 38.5 Å². The number of anilines is 1. The number of carbonyl (C=O) groups excluding carboxylic acids is 2. The van der Waals surface area contributed by atoms with Crippen molar-refractivity contribution in [3.63, 3.8) is 0 Å². The smallest absolute Gasteiger partial charge is 0.316 e. The van der Waals surface area contributed by atoms with E-state index in [0.717, 1.165) is 44.5 Å². The number of benzene rings is 2. The Labute approximate surface area is 216 Å². The Morgan fingerprint density at radius 3 is 2.39 bits per heavy atom. The second-order valence-corrected chi connectivity index (χ2v) is 10.4. The lowest BCUT2D eigenvalue weighted by molar-refractivity contribution is -0.136. The largest absolute Gasteiger partial charge is 0.482 e. The van der Waals surface area contributed by atoms with Crippen LogP contribution in [0.15, 0.2) is 42.5 Å². The number of piperidine rings is 2. The van der Waals surface area contributed by atoms with Gasteiger partial charge in [-0.25, -0.2) is 9.18 Å². The van der Waals surface area contributed by atoms with E-state index in [2.05, 4.69) is 10.2 Å². The lowest BCUT2D eigenvalue weighted by atomic mass is 9.73. The molecule has 0 spiro atoms. The van der Waals surface area contributed by atoms with Crippen LogP contribution in [0.2, 0.25) is 5.02 Å². The van der Waals surface area contributed by atoms with Gasteiger partial charge in [-0.3, -0.25) is 4.79 Å². The van der Waals surface area contributed by atoms with Crippen molar-refractivity contribution in [2.75, 3.05) is 44.6 Å². The van der Waals surface area contributed by atoms with Crippen LogP contribution in [-0.2, 0) is 11.2 Å². The summed E-state index contributed by atoms with van der Waals surface area (Å²) in [6, 6.07) is 10.8. The highest BCUT2D eigenvalue weighted by atomic mass is 35.5. The molecule has 0 radical (unpaired) electrons. The predicted molar refractivity (Wildman–Crippen MR) is 139 cm³/mol. The molecule has 0 aliphatic carbocycles. The fraction of sp³-hybridized carbons (Fsp3) is 0.481. The van der Waals surface area contributed by atoms with E-state index in [1.54, 1.807) is 12.1 Å². The molecule has 0 aromatic heterocycles. The second-order valence-electron chi connectivity index (χ2n) is 9.94. The number of primary amides is 1. The molecule has 3 N–H and O–H groups in total. The zero-order valence-electron chi connectivity index (χ0n) is 20.5. The van der Waals surface area contributed by atoms with E-state index in [-0.39, 0.29) is 23.7 Å². The quantitative estimate of drug-likeness (QED) is 0.533. The minimum Gasteiger partial charge on any atom is -0.482 e. The number of likely N-dealkylation sites (tertiary alicyclic amines) is 2. The lowest BCUT2D eigenvalue weighted by Gasteiger charge is -2.45. The molecular formula is C27H34ClFN4O3.